The normalized spacial score (nSPS) is 13.4. The SMILES string of the molecule is CCOCC(C)Oc1cc(CO)cc(C(C)(C)C)n1. The maximum Gasteiger partial charge on any atom is 0.214 e. The van der Waals surface area contributed by atoms with Gasteiger partial charge >= 0.3 is 0 Å². The van der Waals surface area contributed by atoms with Gasteiger partial charge in [-0.3, -0.25) is 0 Å². The van der Waals surface area contributed by atoms with Gasteiger partial charge in [-0.05, 0) is 25.5 Å². The van der Waals surface area contributed by atoms with Crippen molar-refractivity contribution in [1.29, 1.82) is 0 Å². The molecule has 0 aliphatic carbocycles. The predicted molar refractivity (Wildman–Crippen MR) is 75.4 cm³/mol. The zero-order valence-corrected chi connectivity index (χ0v) is 12.6. The largest absolute Gasteiger partial charge is 0.472 e. The first kappa shape index (κ1) is 15.9. The minimum atomic E-state index is -0.0769. The molecule has 0 aliphatic heterocycles. The van der Waals surface area contributed by atoms with Gasteiger partial charge in [0.15, 0.2) is 0 Å². The second-order valence-corrected chi connectivity index (χ2v) is 5.69. The van der Waals surface area contributed by atoms with Gasteiger partial charge in [0.2, 0.25) is 5.88 Å². The Morgan fingerprint density at radius 1 is 1.32 bits per heavy atom. The molecule has 1 rings (SSSR count). The topological polar surface area (TPSA) is 51.6 Å². The van der Waals surface area contributed by atoms with E-state index in [0.29, 0.717) is 19.1 Å². The molecule has 0 radical (unpaired) electrons. The fourth-order valence-corrected chi connectivity index (χ4v) is 1.62. The van der Waals surface area contributed by atoms with E-state index in [-0.39, 0.29) is 18.1 Å². The first-order valence-electron chi connectivity index (χ1n) is 6.73. The lowest BCUT2D eigenvalue weighted by molar-refractivity contribution is 0.0630. The minimum absolute atomic E-state index is 0.0121. The second kappa shape index (κ2) is 6.87. The van der Waals surface area contributed by atoms with Crippen molar-refractivity contribution in [3.63, 3.8) is 0 Å². The summed E-state index contributed by atoms with van der Waals surface area (Å²) in [7, 11) is 0. The number of nitrogens with zero attached hydrogens (tertiary/aromatic N) is 1. The highest BCUT2D eigenvalue weighted by atomic mass is 16.5. The third kappa shape index (κ3) is 5.17. The van der Waals surface area contributed by atoms with Crippen LogP contribution in [0.15, 0.2) is 12.1 Å². The van der Waals surface area contributed by atoms with E-state index in [9.17, 15) is 5.11 Å². The third-order valence-corrected chi connectivity index (χ3v) is 2.69. The van der Waals surface area contributed by atoms with Gasteiger partial charge in [-0.1, -0.05) is 20.8 Å². The molecule has 0 fully saturated rings. The Bertz CT molecular complexity index is 399. The molecule has 0 amide bonds. The number of aliphatic hydroxyl groups is 1. The molecule has 1 unspecified atom stereocenters. The fourth-order valence-electron chi connectivity index (χ4n) is 1.62. The Balaban J connectivity index is 2.88. The average molecular weight is 267 g/mol. The van der Waals surface area contributed by atoms with Gasteiger partial charge in [-0.15, -0.1) is 0 Å². The molecule has 1 heterocycles. The molecule has 0 bridgehead atoms. The molecule has 0 spiro atoms. The fraction of sp³-hybridized carbons (Fsp3) is 0.667. The number of rotatable bonds is 6. The van der Waals surface area contributed by atoms with Gasteiger partial charge in [0.1, 0.15) is 6.10 Å². The number of hydrogen-bond donors (Lipinski definition) is 1. The van der Waals surface area contributed by atoms with E-state index in [4.69, 9.17) is 9.47 Å². The lowest BCUT2D eigenvalue weighted by Crippen LogP contribution is -2.21. The van der Waals surface area contributed by atoms with Gasteiger partial charge in [-0.2, -0.15) is 0 Å². The molecule has 0 aliphatic rings. The molecule has 0 saturated heterocycles. The smallest absolute Gasteiger partial charge is 0.214 e. The van der Waals surface area contributed by atoms with Crippen molar-refractivity contribution in [2.24, 2.45) is 0 Å². The molecule has 0 aromatic carbocycles. The van der Waals surface area contributed by atoms with Crippen molar-refractivity contribution in [3.05, 3.63) is 23.4 Å². The Labute approximate surface area is 115 Å². The summed E-state index contributed by atoms with van der Waals surface area (Å²) in [6.07, 6.45) is -0.0609. The zero-order valence-electron chi connectivity index (χ0n) is 12.6. The van der Waals surface area contributed by atoms with Crippen LogP contribution >= 0.6 is 0 Å². The van der Waals surface area contributed by atoms with E-state index in [1.165, 1.54) is 0 Å². The molecule has 4 nitrogen and oxygen atoms in total. The van der Waals surface area contributed by atoms with Gasteiger partial charge in [-0.25, -0.2) is 4.98 Å². The van der Waals surface area contributed by atoms with Crippen LogP contribution in [0.3, 0.4) is 0 Å². The zero-order chi connectivity index (χ0) is 14.5. The number of aliphatic hydroxyl groups excluding tert-OH is 1. The van der Waals surface area contributed by atoms with Gasteiger partial charge in [0, 0.05) is 18.1 Å². The Hall–Kier alpha value is -1.13. The van der Waals surface area contributed by atoms with Crippen molar-refractivity contribution in [2.75, 3.05) is 13.2 Å². The minimum Gasteiger partial charge on any atom is -0.472 e. The molecular weight excluding hydrogens is 242 g/mol. The van der Waals surface area contributed by atoms with Crippen LogP contribution in [-0.2, 0) is 16.8 Å². The van der Waals surface area contributed by atoms with E-state index in [1.807, 2.05) is 19.9 Å². The first-order valence-corrected chi connectivity index (χ1v) is 6.73. The molecule has 1 aromatic heterocycles. The van der Waals surface area contributed by atoms with Gasteiger partial charge in [0.25, 0.3) is 0 Å². The van der Waals surface area contributed by atoms with Crippen LogP contribution in [0.4, 0.5) is 0 Å². The van der Waals surface area contributed by atoms with Crippen LogP contribution in [0.5, 0.6) is 5.88 Å². The lowest BCUT2D eigenvalue weighted by atomic mass is 9.91. The van der Waals surface area contributed by atoms with E-state index < -0.39 is 0 Å². The van der Waals surface area contributed by atoms with Crippen LogP contribution in [-0.4, -0.2) is 29.4 Å². The number of pyridine rings is 1. The van der Waals surface area contributed by atoms with Crippen molar-refractivity contribution in [3.8, 4) is 5.88 Å². The van der Waals surface area contributed by atoms with E-state index >= 15 is 0 Å². The number of hydrogen-bond acceptors (Lipinski definition) is 4. The Morgan fingerprint density at radius 3 is 2.53 bits per heavy atom. The maximum atomic E-state index is 9.32. The van der Waals surface area contributed by atoms with Crippen molar-refractivity contribution in [2.45, 2.75) is 52.7 Å². The molecule has 108 valence electrons. The van der Waals surface area contributed by atoms with Crippen LogP contribution in [0, 0.1) is 0 Å². The standard InChI is InChI=1S/C15H25NO3/c1-6-18-10-11(2)19-14-8-12(9-17)7-13(16-14)15(3,4)5/h7-8,11,17H,6,9-10H2,1-5H3. The molecular formula is C15H25NO3. The molecule has 19 heavy (non-hydrogen) atoms. The van der Waals surface area contributed by atoms with E-state index in [0.717, 1.165) is 11.3 Å². The summed E-state index contributed by atoms with van der Waals surface area (Å²) in [5.41, 5.74) is 1.66. The molecule has 0 saturated carbocycles. The highest BCUT2D eigenvalue weighted by molar-refractivity contribution is 5.28. The summed E-state index contributed by atoms with van der Waals surface area (Å²) in [5.74, 6) is 0.545. The summed E-state index contributed by atoms with van der Waals surface area (Å²) in [5, 5.41) is 9.32. The van der Waals surface area contributed by atoms with Crippen LogP contribution in [0.2, 0.25) is 0 Å². The lowest BCUT2D eigenvalue weighted by Gasteiger charge is -2.21. The summed E-state index contributed by atoms with van der Waals surface area (Å²) < 4.78 is 11.1. The monoisotopic (exact) mass is 267 g/mol. The first-order chi connectivity index (χ1) is 8.86. The van der Waals surface area contributed by atoms with Crippen molar-refractivity contribution < 1.29 is 14.6 Å². The summed E-state index contributed by atoms with van der Waals surface area (Å²) in [6, 6.07) is 3.69. The van der Waals surface area contributed by atoms with Gasteiger partial charge < -0.3 is 14.6 Å². The number of ether oxygens (including phenoxy) is 2. The molecule has 1 N–H and O–H groups in total. The summed E-state index contributed by atoms with van der Waals surface area (Å²) in [6.45, 7) is 11.4. The van der Waals surface area contributed by atoms with Crippen molar-refractivity contribution in [1.82, 2.24) is 4.98 Å². The Kier molecular flexibility index (Phi) is 5.76. The highest BCUT2D eigenvalue weighted by Crippen LogP contribution is 2.24. The van der Waals surface area contributed by atoms with Gasteiger partial charge in [0.05, 0.1) is 18.9 Å². The number of aromatic nitrogens is 1. The van der Waals surface area contributed by atoms with E-state index in [2.05, 4.69) is 25.8 Å². The van der Waals surface area contributed by atoms with Crippen molar-refractivity contribution >= 4 is 0 Å². The molecule has 1 atom stereocenters. The van der Waals surface area contributed by atoms with E-state index in [1.54, 1.807) is 6.07 Å². The maximum absolute atomic E-state index is 9.32. The average Bonchev–Trinajstić information content (AvgIpc) is 2.34. The quantitative estimate of drug-likeness (QED) is 0.861. The summed E-state index contributed by atoms with van der Waals surface area (Å²) in [4.78, 5) is 4.51. The Morgan fingerprint density at radius 2 is 2.00 bits per heavy atom. The highest BCUT2D eigenvalue weighted by Gasteiger charge is 2.18. The predicted octanol–water partition coefficient (Wildman–Crippen LogP) is 2.68. The third-order valence-electron chi connectivity index (χ3n) is 2.69. The summed E-state index contributed by atoms with van der Waals surface area (Å²) >= 11 is 0. The molecule has 1 aromatic rings. The van der Waals surface area contributed by atoms with Crippen LogP contribution in [0.25, 0.3) is 0 Å². The molecule has 4 heteroatoms. The van der Waals surface area contributed by atoms with Crippen LogP contribution < -0.4 is 4.74 Å². The van der Waals surface area contributed by atoms with Crippen LogP contribution in [0.1, 0.15) is 45.9 Å². The second-order valence-electron chi connectivity index (χ2n) is 5.69.